The van der Waals surface area contributed by atoms with Crippen molar-refractivity contribution in [3.05, 3.63) is 0 Å². The first kappa shape index (κ1) is 9.36. The third-order valence-electron chi connectivity index (χ3n) is 1.83. The Morgan fingerprint density at radius 2 is 1.91 bits per heavy atom. The van der Waals surface area contributed by atoms with Gasteiger partial charge < -0.3 is 4.74 Å². The van der Waals surface area contributed by atoms with Gasteiger partial charge in [0.05, 0.1) is 19.3 Å². The minimum atomic E-state index is -0.374. The topological polar surface area (TPSA) is 12.5 Å². The molecule has 1 fully saturated rings. The van der Waals surface area contributed by atoms with Crippen LogP contribution in [0.15, 0.2) is 0 Å². The Kier molecular flexibility index (Phi) is 2.84. The first-order valence-corrected chi connectivity index (χ1v) is 6.96. The van der Waals surface area contributed by atoms with Crippen LogP contribution in [-0.4, -0.2) is 55.8 Å². The monoisotopic (exact) mass is 177 g/mol. The van der Waals surface area contributed by atoms with Crippen LogP contribution in [0.4, 0.5) is 0 Å². The molecule has 2 nitrogen and oxygen atoms in total. The van der Waals surface area contributed by atoms with Gasteiger partial charge in [0, 0.05) is 5.88 Å². The molecule has 1 aliphatic rings. The summed E-state index contributed by atoms with van der Waals surface area (Å²) < 4.78 is 5.14. The van der Waals surface area contributed by atoms with Gasteiger partial charge >= 0.3 is 0 Å². The fourth-order valence-corrected chi connectivity index (χ4v) is 2.63. The van der Waals surface area contributed by atoms with E-state index < -0.39 is 0 Å². The van der Waals surface area contributed by atoms with Crippen LogP contribution in [0.25, 0.3) is 0 Å². The Morgan fingerprint density at radius 3 is 2.18 bits per heavy atom. The van der Waals surface area contributed by atoms with Crippen molar-refractivity contribution in [1.29, 1.82) is 0 Å². The summed E-state index contributed by atoms with van der Waals surface area (Å²) in [5, 5.41) is 0. The molecule has 0 radical (unpaired) electrons. The van der Waals surface area contributed by atoms with E-state index in [2.05, 4.69) is 30.7 Å². The molecule has 0 atom stereocenters. The quantitative estimate of drug-likeness (QED) is 0.637. The summed E-state index contributed by atoms with van der Waals surface area (Å²) in [6.07, 6.45) is 7.05. The summed E-state index contributed by atoms with van der Waals surface area (Å²) in [6, 6.07) is 0.696. The van der Waals surface area contributed by atoms with Crippen LogP contribution in [0, 0.1) is 0 Å². The van der Waals surface area contributed by atoms with Crippen LogP contribution in [0.3, 0.4) is 0 Å². The van der Waals surface area contributed by atoms with Gasteiger partial charge in [-0.2, -0.15) is 0 Å². The SMILES string of the molecule is CN(CS(C)(C)C)C1COC1. The Morgan fingerprint density at radius 1 is 1.36 bits per heavy atom. The lowest BCUT2D eigenvalue weighted by Crippen LogP contribution is -2.47. The van der Waals surface area contributed by atoms with E-state index in [0.29, 0.717) is 6.04 Å². The molecule has 0 N–H and O–H groups in total. The number of nitrogens with zero attached hydrogens (tertiary/aromatic N) is 1. The standard InChI is InChI=1S/C8H19NOS/c1-9(7-11(2,3)4)8-5-10-6-8/h8H,5-7H2,1-4H3. The second kappa shape index (κ2) is 3.33. The molecule has 3 heteroatoms. The van der Waals surface area contributed by atoms with E-state index in [1.54, 1.807) is 0 Å². The van der Waals surface area contributed by atoms with Crippen molar-refractivity contribution in [2.24, 2.45) is 0 Å². The van der Waals surface area contributed by atoms with E-state index in [1.165, 1.54) is 5.88 Å². The van der Waals surface area contributed by atoms with Crippen molar-refractivity contribution in [3.63, 3.8) is 0 Å². The maximum absolute atomic E-state index is 5.14. The lowest BCUT2D eigenvalue weighted by molar-refractivity contribution is -0.0499. The van der Waals surface area contributed by atoms with Crippen molar-refractivity contribution in [1.82, 2.24) is 4.90 Å². The van der Waals surface area contributed by atoms with Crippen LogP contribution in [0.2, 0.25) is 0 Å². The van der Waals surface area contributed by atoms with Crippen molar-refractivity contribution >= 4 is 10.0 Å². The van der Waals surface area contributed by atoms with Gasteiger partial charge in [-0.1, -0.05) is 0 Å². The molecule has 0 bridgehead atoms. The molecule has 11 heavy (non-hydrogen) atoms. The van der Waals surface area contributed by atoms with E-state index in [4.69, 9.17) is 4.74 Å². The van der Waals surface area contributed by atoms with Crippen molar-refractivity contribution in [3.8, 4) is 0 Å². The van der Waals surface area contributed by atoms with Crippen molar-refractivity contribution in [2.75, 3.05) is 44.9 Å². The van der Waals surface area contributed by atoms with Crippen LogP contribution in [0.1, 0.15) is 0 Å². The first-order valence-electron chi connectivity index (χ1n) is 3.93. The normalized spacial score (nSPS) is 21.9. The number of hydrogen-bond acceptors (Lipinski definition) is 2. The molecule has 0 amide bonds. The maximum atomic E-state index is 5.14. The number of rotatable bonds is 3. The molecular weight excluding hydrogens is 158 g/mol. The Hall–Kier alpha value is 0.270. The molecule has 0 aromatic carbocycles. The Bertz CT molecular complexity index is 129. The third kappa shape index (κ3) is 3.01. The van der Waals surface area contributed by atoms with Crippen LogP contribution in [-0.2, 0) is 4.74 Å². The highest BCUT2D eigenvalue weighted by Gasteiger charge is 2.24. The first-order chi connectivity index (χ1) is 4.99. The van der Waals surface area contributed by atoms with E-state index in [9.17, 15) is 0 Å². The zero-order valence-corrected chi connectivity index (χ0v) is 8.78. The Balaban J connectivity index is 2.24. The van der Waals surface area contributed by atoms with E-state index in [1.807, 2.05) is 0 Å². The minimum Gasteiger partial charge on any atom is -0.378 e. The number of ether oxygens (including phenoxy) is 1. The van der Waals surface area contributed by atoms with Gasteiger partial charge in [-0.25, -0.2) is 10.0 Å². The van der Waals surface area contributed by atoms with Crippen molar-refractivity contribution in [2.45, 2.75) is 6.04 Å². The van der Waals surface area contributed by atoms with Gasteiger partial charge in [0.1, 0.15) is 0 Å². The fourth-order valence-electron chi connectivity index (χ4n) is 1.19. The Labute approximate surface area is 71.2 Å². The van der Waals surface area contributed by atoms with Crippen LogP contribution >= 0.6 is 10.0 Å². The molecule has 0 spiro atoms. The summed E-state index contributed by atoms with van der Waals surface area (Å²) in [5.74, 6) is 1.24. The molecule has 1 aliphatic heterocycles. The predicted molar refractivity (Wildman–Crippen MR) is 52.6 cm³/mol. The van der Waals surface area contributed by atoms with Crippen molar-refractivity contribution < 1.29 is 4.74 Å². The van der Waals surface area contributed by atoms with Crippen LogP contribution in [0.5, 0.6) is 0 Å². The molecule has 0 unspecified atom stereocenters. The molecule has 0 saturated carbocycles. The highest BCUT2D eigenvalue weighted by atomic mass is 32.3. The summed E-state index contributed by atoms with van der Waals surface area (Å²) >= 11 is 0. The molecule has 0 aliphatic carbocycles. The highest BCUT2D eigenvalue weighted by molar-refractivity contribution is 8.32. The average molecular weight is 177 g/mol. The van der Waals surface area contributed by atoms with Gasteiger partial charge in [-0.3, -0.25) is 4.90 Å². The maximum Gasteiger partial charge on any atom is 0.0645 e. The molecule has 1 heterocycles. The lowest BCUT2D eigenvalue weighted by Gasteiger charge is -2.39. The summed E-state index contributed by atoms with van der Waals surface area (Å²) in [6.45, 7) is 1.87. The van der Waals surface area contributed by atoms with Gasteiger partial charge in [0.25, 0.3) is 0 Å². The summed E-state index contributed by atoms with van der Waals surface area (Å²) in [5.41, 5.74) is 0. The smallest absolute Gasteiger partial charge is 0.0645 e. The molecule has 0 aromatic rings. The van der Waals surface area contributed by atoms with E-state index in [-0.39, 0.29) is 10.0 Å². The van der Waals surface area contributed by atoms with Gasteiger partial charge in [-0.05, 0) is 25.8 Å². The average Bonchev–Trinajstić information content (AvgIpc) is 1.50. The van der Waals surface area contributed by atoms with E-state index >= 15 is 0 Å². The number of hydrogen-bond donors (Lipinski definition) is 0. The fraction of sp³-hybridized carbons (Fsp3) is 1.00. The largest absolute Gasteiger partial charge is 0.378 e. The predicted octanol–water partition coefficient (Wildman–Crippen LogP) is 0.968. The lowest BCUT2D eigenvalue weighted by atomic mass is 10.2. The van der Waals surface area contributed by atoms with Gasteiger partial charge in [-0.15, -0.1) is 0 Å². The van der Waals surface area contributed by atoms with Crippen LogP contribution < -0.4 is 0 Å². The molecule has 0 aromatic heterocycles. The minimum absolute atomic E-state index is 0.374. The molecule has 68 valence electrons. The van der Waals surface area contributed by atoms with Gasteiger partial charge in [0.15, 0.2) is 0 Å². The summed E-state index contributed by atoms with van der Waals surface area (Å²) in [4.78, 5) is 2.43. The zero-order chi connectivity index (χ0) is 8.48. The third-order valence-corrected chi connectivity index (χ3v) is 3.02. The molecular formula is C8H19NOS. The second-order valence-electron chi connectivity index (χ2n) is 4.17. The van der Waals surface area contributed by atoms with E-state index in [0.717, 1.165) is 13.2 Å². The highest BCUT2D eigenvalue weighted by Crippen LogP contribution is 2.35. The molecule has 1 rings (SSSR count). The zero-order valence-electron chi connectivity index (χ0n) is 7.96. The second-order valence-corrected chi connectivity index (χ2v) is 8.61. The summed E-state index contributed by atoms with van der Waals surface area (Å²) in [7, 11) is 1.83. The number of likely N-dealkylation sites (N-methyl/N-ethyl adjacent to an activating group) is 1. The molecule has 1 saturated heterocycles. The van der Waals surface area contributed by atoms with Gasteiger partial charge in [0.2, 0.25) is 0 Å².